The third kappa shape index (κ3) is 4.17. The smallest absolute Gasteiger partial charge is 0.237 e. The van der Waals surface area contributed by atoms with Gasteiger partial charge < -0.3 is 5.73 Å². The second-order valence-corrected chi connectivity index (χ2v) is 7.25. The van der Waals surface area contributed by atoms with E-state index in [0.29, 0.717) is 11.3 Å². The van der Waals surface area contributed by atoms with Crippen LogP contribution in [0, 0.1) is 0 Å². The van der Waals surface area contributed by atoms with E-state index in [-0.39, 0.29) is 26.5 Å². The summed E-state index contributed by atoms with van der Waals surface area (Å²) in [6.45, 7) is 0. The third-order valence-electron chi connectivity index (χ3n) is 2.68. The number of nitrogens with two attached hydrogens (primary N) is 1. The number of anilines is 2. The predicted octanol–water partition coefficient (Wildman–Crippen LogP) is 4.17. The Morgan fingerprint density at radius 2 is 1.62 bits per heavy atom. The van der Waals surface area contributed by atoms with Gasteiger partial charge in [-0.25, -0.2) is 8.42 Å². The Balaban J connectivity index is 2.26. The zero-order valence-corrected chi connectivity index (χ0v) is 13.7. The van der Waals surface area contributed by atoms with Gasteiger partial charge in [0.15, 0.2) is 0 Å². The quantitative estimate of drug-likeness (QED) is 0.631. The monoisotopic (exact) mass is 364 g/mol. The lowest BCUT2D eigenvalue weighted by molar-refractivity contribution is 0.600. The highest BCUT2D eigenvalue weighted by Gasteiger charge is 2.16. The summed E-state index contributed by atoms with van der Waals surface area (Å²) in [5.74, 6) is -0.268. The summed E-state index contributed by atoms with van der Waals surface area (Å²) in [5.41, 5.74) is 6.81. The SMILES string of the molecule is Nc1ccccc1CS(=O)(=O)Nc1cc(Cl)c(Cl)cc1Cl. The number of nitrogens with one attached hydrogen (secondary N) is 1. The van der Waals surface area contributed by atoms with Gasteiger partial charge in [-0.2, -0.15) is 0 Å². The topological polar surface area (TPSA) is 72.2 Å². The van der Waals surface area contributed by atoms with Crippen LogP contribution in [0.4, 0.5) is 11.4 Å². The lowest BCUT2D eigenvalue weighted by Gasteiger charge is -2.11. The Bertz CT molecular complexity index is 779. The number of nitrogen functional groups attached to an aromatic ring is 1. The predicted molar refractivity (Wildman–Crippen MR) is 88.6 cm³/mol. The van der Waals surface area contributed by atoms with E-state index in [1.807, 2.05) is 0 Å². The standard InChI is InChI=1S/C13H11Cl3N2O2S/c14-9-5-11(16)13(6-10(9)15)18-21(19,20)7-8-3-1-2-4-12(8)17/h1-6,18H,7,17H2. The van der Waals surface area contributed by atoms with E-state index in [4.69, 9.17) is 40.5 Å². The summed E-state index contributed by atoms with van der Waals surface area (Å²) < 4.78 is 26.7. The Labute approximate surface area is 137 Å². The number of para-hydroxylation sites is 1. The maximum Gasteiger partial charge on any atom is 0.237 e. The van der Waals surface area contributed by atoms with Crippen molar-refractivity contribution in [3.63, 3.8) is 0 Å². The normalized spacial score (nSPS) is 11.4. The molecule has 0 aliphatic rings. The molecule has 0 saturated heterocycles. The minimum absolute atomic E-state index is 0.161. The molecule has 0 spiro atoms. The fraction of sp³-hybridized carbons (Fsp3) is 0.0769. The van der Waals surface area contributed by atoms with Gasteiger partial charge in [-0.3, -0.25) is 4.72 Å². The van der Waals surface area contributed by atoms with Crippen LogP contribution in [-0.4, -0.2) is 8.42 Å². The van der Waals surface area contributed by atoms with E-state index < -0.39 is 10.0 Å². The highest BCUT2D eigenvalue weighted by atomic mass is 35.5. The van der Waals surface area contributed by atoms with Gasteiger partial charge in [-0.1, -0.05) is 53.0 Å². The summed E-state index contributed by atoms with van der Waals surface area (Å²) in [5, 5.41) is 0.615. The van der Waals surface area contributed by atoms with E-state index in [0.717, 1.165) is 0 Å². The van der Waals surface area contributed by atoms with Crippen molar-refractivity contribution in [2.45, 2.75) is 5.75 Å². The molecular formula is C13H11Cl3N2O2S. The minimum Gasteiger partial charge on any atom is -0.398 e. The third-order valence-corrected chi connectivity index (χ3v) is 4.93. The van der Waals surface area contributed by atoms with Gasteiger partial charge in [0.25, 0.3) is 0 Å². The molecule has 3 N–H and O–H groups in total. The van der Waals surface area contributed by atoms with Crippen LogP contribution in [-0.2, 0) is 15.8 Å². The van der Waals surface area contributed by atoms with Crippen LogP contribution in [0.25, 0.3) is 0 Å². The molecule has 2 aromatic carbocycles. The largest absolute Gasteiger partial charge is 0.398 e. The van der Waals surface area contributed by atoms with Crippen molar-refractivity contribution in [1.82, 2.24) is 0 Å². The average Bonchev–Trinajstić information content (AvgIpc) is 2.38. The zero-order valence-electron chi connectivity index (χ0n) is 10.6. The maximum absolute atomic E-state index is 12.2. The Morgan fingerprint density at radius 1 is 1.00 bits per heavy atom. The number of benzene rings is 2. The molecule has 0 saturated carbocycles. The number of hydrogen-bond acceptors (Lipinski definition) is 3. The molecule has 21 heavy (non-hydrogen) atoms. The van der Waals surface area contributed by atoms with E-state index >= 15 is 0 Å². The molecular weight excluding hydrogens is 355 g/mol. The van der Waals surface area contributed by atoms with Crippen molar-refractivity contribution in [3.8, 4) is 0 Å². The van der Waals surface area contributed by atoms with Gasteiger partial charge in [0.2, 0.25) is 10.0 Å². The molecule has 8 heteroatoms. The van der Waals surface area contributed by atoms with Gasteiger partial charge >= 0.3 is 0 Å². The maximum atomic E-state index is 12.2. The molecule has 0 aromatic heterocycles. The van der Waals surface area contributed by atoms with Gasteiger partial charge in [-0.05, 0) is 23.8 Å². The molecule has 0 aliphatic carbocycles. The van der Waals surface area contributed by atoms with E-state index in [9.17, 15) is 8.42 Å². The van der Waals surface area contributed by atoms with Crippen molar-refractivity contribution in [2.75, 3.05) is 10.5 Å². The zero-order chi connectivity index (χ0) is 15.6. The second kappa shape index (κ2) is 6.32. The number of halogens is 3. The molecule has 0 heterocycles. The van der Waals surface area contributed by atoms with Crippen LogP contribution in [0.15, 0.2) is 36.4 Å². The van der Waals surface area contributed by atoms with Gasteiger partial charge in [0.05, 0.1) is 26.5 Å². The Hall–Kier alpha value is -1.14. The number of sulfonamides is 1. The summed E-state index contributed by atoms with van der Waals surface area (Å²) in [6, 6.07) is 9.46. The molecule has 0 bridgehead atoms. The Kier molecular flexibility index (Phi) is 4.88. The molecule has 0 unspecified atom stereocenters. The van der Waals surface area contributed by atoms with Gasteiger partial charge in [-0.15, -0.1) is 0 Å². The first kappa shape index (κ1) is 16.2. The molecule has 112 valence electrons. The van der Waals surface area contributed by atoms with Crippen LogP contribution in [0.5, 0.6) is 0 Å². The van der Waals surface area contributed by atoms with Gasteiger partial charge in [0.1, 0.15) is 0 Å². The lowest BCUT2D eigenvalue weighted by Crippen LogP contribution is -2.16. The molecule has 0 fully saturated rings. The van der Waals surface area contributed by atoms with Crippen LogP contribution in [0.2, 0.25) is 15.1 Å². The molecule has 0 amide bonds. The molecule has 2 aromatic rings. The number of rotatable bonds is 4. The van der Waals surface area contributed by atoms with Crippen molar-refractivity contribution in [3.05, 3.63) is 57.0 Å². The van der Waals surface area contributed by atoms with Crippen LogP contribution in [0.1, 0.15) is 5.56 Å². The lowest BCUT2D eigenvalue weighted by atomic mass is 10.2. The summed E-state index contributed by atoms with van der Waals surface area (Å²) in [6.07, 6.45) is 0. The summed E-state index contributed by atoms with van der Waals surface area (Å²) in [7, 11) is -3.68. The Morgan fingerprint density at radius 3 is 2.29 bits per heavy atom. The van der Waals surface area contributed by atoms with Crippen molar-refractivity contribution >= 4 is 56.2 Å². The fourth-order valence-electron chi connectivity index (χ4n) is 1.67. The highest BCUT2D eigenvalue weighted by molar-refractivity contribution is 7.91. The molecule has 4 nitrogen and oxygen atoms in total. The molecule has 2 rings (SSSR count). The van der Waals surface area contributed by atoms with Crippen molar-refractivity contribution in [1.29, 1.82) is 0 Å². The van der Waals surface area contributed by atoms with E-state index in [1.165, 1.54) is 12.1 Å². The average molecular weight is 366 g/mol. The number of hydrogen-bond donors (Lipinski definition) is 2. The summed E-state index contributed by atoms with van der Waals surface area (Å²) in [4.78, 5) is 0. The van der Waals surface area contributed by atoms with Gasteiger partial charge in [0, 0.05) is 5.69 Å². The highest BCUT2D eigenvalue weighted by Crippen LogP contribution is 2.33. The van der Waals surface area contributed by atoms with Crippen LogP contribution in [0.3, 0.4) is 0 Å². The molecule has 0 atom stereocenters. The summed E-state index contributed by atoms with van der Waals surface area (Å²) >= 11 is 17.6. The first-order chi connectivity index (χ1) is 9.78. The van der Waals surface area contributed by atoms with Crippen molar-refractivity contribution in [2.24, 2.45) is 0 Å². The molecule has 0 radical (unpaired) electrons. The van der Waals surface area contributed by atoms with E-state index in [2.05, 4.69) is 4.72 Å². The fourth-order valence-corrected chi connectivity index (χ4v) is 3.57. The second-order valence-electron chi connectivity index (χ2n) is 4.31. The van der Waals surface area contributed by atoms with Crippen LogP contribution < -0.4 is 10.5 Å². The van der Waals surface area contributed by atoms with E-state index in [1.54, 1.807) is 24.3 Å². The minimum atomic E-state index is -3.68. The van der Waals surface area contributed by atoms with Crippen LogP contribution >= 0.6 is 34.8 Å². The first-order valence-electron chi connectivity index (χ1n) is 5.77. The first-order valence-corrected chi connectivity index (χ1v) is 8.55. The van der Waals surface area contributed by atoms with Crippen molar-refractivity contribution < 1.29 is 8.42 Å². The molecule has 0 aliphatic heterocycles.